The Kier molecular flexibility index (Phi) is 6.13. The van der Waals surface area contributed by atoms with Crippen molar-refractivity contribution in [2.24, 2.45) is 0 Å². The molecule has 100 valence electrons. The summed E-state index contributed by atoms with van der Waals surface area (Å²) >= 11 is 11.7. The first-order chi connectivity index (χ1) is 8.49. The van der Waals surface area contributed by atoms with Gasteiger partial charge in [0, 0.05) is 11.6 Å². The lowest BCUT2D eigenvalue weighted by Crippen LogP contribution is -2.35. The SMILES string of the molecule is CCC(CC)N(C)CC(=O)c1ccc(Cl)c(Cl)c1. The van der Waals surface area contributed by atoms with Crippen molar-refractivity contribution in [2.75, 3.05) is 13.6 Å². The molecule has 1 aromatic carbocycles. The highest BCUT2D eigenvalue weighted by atomic mass is 35.5. The minimum Gasteiger partial charge on any atom is -0.296 e. The van der Waals surface area contributed by atoms with Gasteiger partial charge in [0.05, 0.1) is 16.6 Å². The van der Waals surface area contributed by atoms with E-state index in [2.05, 4.69) is 18.7 Å². The van der Waals surface area contributed by atoms with E-state index in [4.69, 9.17) is 23.2 Å². The molecule has 0 saturated carbocycles. The molecule has 0 amide bonds. The number of carbonyl (C=O) groups excluding carboxylic acids is 1. The maximum absolute atomic E-state index is 12.1. The van der Waals surface area contributed by atoms with Crippen LogP contribution in [0.4, 0.5) is 0 Å². The van der Waals surface area contributed by atoms with Crippen LogP contribution >= 0.6 is 23.2 Å². The summed E-state index contributed by atoms with van der Waals surface area (Å²) < 4.78 is 0. The molecule has 0 saturated heterocycles. The fraction of sp³-hybridized carbons (Fsp3) is 0.500. The molecule has 0 aliphatic rings. The summed E-state index contributed by atoms with van der Waals surface area (Å²) in [7, 11) is 1.98. The van der Waals surface area contributed by atoms with Crippen LogP contribution in [-0.2, 0) is 0 Å². The van der Waals surface area contributed by atoms with Crippen LogP contribution in [0.15, 0.2) is 18.2 Å². The van der Waals surface area contributed by atoms with Gasteiger partial charge in [-0.1, -0.05) is 37.0 Å². The van der Waals surface area contributed by atoms with Crippen LogP contribution in [0.1, 0.15) is 37.0 Å². The Labute approximate surface area is 119 Å². The van der Waals surface area contributed by atoms with Crippen molar-refractivity contribution in [3.05, 3.63) is 33.8 Å². The van der Waals surface area contributed by atoms with Gasteiger partial charge in [0.15, 0.2) is 5.78 Å². The lowest BCUT2D eigenvalue weighted by atomic mass is 10.1. The maximum Gasteiger partial charge on any atom is 0.176 e. The largest absolute Gasteiger partial charge is 0.296 e. The zero-order valence-corrected chi connectivity index (χ0v) is 12.6. The standard InChI is InChI=1S/C14H19Cl2NO/c1-4-11(5-2)17(3)9-14(18)10-6-7-12(15)13(16)8-10/h6-8,11H,4-5,9H2,1-3H3. The highest BCUT2D eigenvalue weighted by Gasteiger charge is 2.15. The van der Waals surface area contributed by atoms with Crippen molar-refractivity contribution >= 4 is 29.0 Å². The van der Waals surface area contributed by atoms with Crippen LogP contribution < -0.4 is 0 Å². The summed E-state index contributed by atoms with van der Waals surface area (Å²) in [5.41, 5.74) is 0.613. The van der Waals surface area contributed by atoms with Gasteiger partial charge in [-0.2, -0.15) is 0 Å². The number of nitrogens with zero attached hydrogens (tertiary/aromatic N) is 1. The van der Waals surface area contributed by atoms with Gasteiger partial charge in [-0.3, -0.25) is 9.69 Å². The zero-order chi connectivity index (χ0) is 13.7. The Balaban J connectivity index is 2.73. The molecule has 0 heterocycles. The van der Waals surface area contributed by atoms with Crippen molar-refractivity contribution in [2.45, 2.75) is 32.7 Å². The third kappa shape index (κ3) is 3.98. The van der Waals surface area contributed by atoms with Crippen LogP contribution in [0.3, 0.4) is 0 Å². The summed E-state index contributed by atoms with van der Waals surface area (Å²) in [5.74, 6) is 0.0722. The lowest BCUT2D eigenvalue weighted by Gasteiger charge is -2.25. The van der Waals surface area contributed by atoms with E-state index in [1.807, 2.05) is 7.05 Å². The van der Waals surface area contributed by atoms with E-state index in [9.17, 15) is 4.79 Å². The average Bonchev–Trinajstić information content (AvgIpc) is 2.34. The quantitative estimate of drug-likeness (QED) is 0.727. The van der Waals surface area contributed by atoms with Gasteiger partial charge in [-0.25, -0.2) is 0 Å². The Hall–Kier alpha value is -0.570. The van der Waals surface area contributed by atoms with E-state index in [-0.39, 0.29) is 5.78 Å². The fourth-order valence-corrected chi connectivity index (χ4v) is 2.33. The number of halogens is 2. The first-order valence-corrected chi connectivity index (χ1v) is 6.93. The van der Waals surface area contributed by atoms with E-state index in [0.717, 1.165) is 12.8 Å². The number of rotatable bonds is 6. The molecule has 18 heavy (non-hydrogen) atoms. The number of carbonyl (C=O) groups is 1. The molecule has 2 nitrogen and oxygen atoms in total. The van der Waals surface area contributed by atoms with Crippen LogP contribution in [0, 0.1) is 0 Å². The molecule has 0 aliphatic heterocycles. The zero-order valence-electron chi connectivity index (χ0n) is 11.0. The van der Waals surface area contributed by atoms with Crippen molar-refractivity contribution in [3.63, 3.8) is 0 Å². The van der Waals surface area contributed by atoms with Gasteiger partial charge < -0.3 is 0 Å². The first kappa shape index (κ1) is 15.5. The van der Waals surface area contributed by atoms with Gasteiger partial charge >= 0.3 is 0 Å². The summed E-state index contributed by atoms with van der Waals surface area (Å²) in [4.78, 5) is 14.2. The number of hydrogen-bond acceptors (Lipinski definition) is 2. The van der Waals surface area contributed by atoms with E-state index < -0.39 is 0 Å². The van der Waals surface area contributed by atoms with Gasteiger partial charge in [-0.15, -0.1) is 0 Å². The normalized spacial score (nSPS) is 11.3. The van der Waals surface area contributed by atoms with Crippen molar-refractivity contribution in [1.82, 2.24) is 4.90 Å². The van der Waals surface area contributed by atoms with Gasteiger partial charge in [-0.05, 0) is 38.1 Å². The second-order valence-electron chi connectivity index (χ2n) is 4.44. The monoisotopic (exact) mass is 287 g/mol. The molecule has 0 aliphatic carbocycles. The Bertz CT molecular complexity index is 416. The number of likely N-dealkylation sites (N-methyl/N-ethyl adjacent to an activating group) is 1. The average molecular weight is 288 g/mol. The van der Waals surface area contributed by atoms with E-state index in [1.165, 1.54) is 0 Å². The van der Waals surface area contributed by atoms with E-state index in [1.54, 1.807) is 18.2 Å². The maximum atomic E-state index is 12.1. The molecular formula is C14H19Cl2NO. The summed E-state index contributed by atoms with van der Waals surface area (Å²) in [6.07, 6.45) is 2.09. The summed E-state index contributed by atoms with van der Waals surface area (Å²) in [5, 5.41) is 0.897. The summed E-state index contributed by atoms with van der Waals surface area (Å²) in [6, 6.07) is 5.45. The third-order valence-corrected chi connectivity index (χ3v) is 3.94. The molecule has 0 fully saturated rings. The van der Waals surface area contributed by atoms with Crippen molar-refractivity contribution in [3.8, 4) is 0 Å². The Morgan fingerprint density at radius 3 is 2.33 bits per heavy atom. The molecule has 0 unspecified atom stereocenters. The second-order valence-corrected chi connectivity index (χ2v) is 5.25. The van der Waals surface area contributed by atoms with Crippen LogP contribution in [0.5, 0.6) is 0 Å². The molecule has 4 heteroatoms. The highest BCUT2D eigenvalue weighted by molar-refractivity contribution is 6.42. The molecule has 1 aromatic rings. The Morgan fingerprint density at radius 2 is 1.83 bits per heavy atom. The van der Waals surface area contributed by atoms with Crippen molar-refractivity contribution < 1.29 is 4.79 Å². The smallest absolute Gasteiger partial charge is 0.176 e. The lowest BCUT2D eigenvalue weighted by molar-refractivity contribution is 0.0915. The van der Waals surface area contributed by atoms with Crippen LogP contribution in [-0.4, -0.2) is 30.3 Å². The minimum atomic E-state index is 0.0722. The fourth-order valence-electron chi connectivity index (χ4n) is 2.03. The minimum absolute atomic E-state index is 0.0722. The molecule has 0 N–H and O–H groups in total. The van der Waals surface area contributed by atoms with Gasteiger partial charge in [0.25, 0.3) is 0 Å². The molecule has 0 aromatic heterocycles. The van der Waals surface area contributed by atoms with Gasteiger partial charge in [0.2, 0.25) is 0 Å². The van der Waals surface area contributed by atoms with Crippen LogP contribution in [0.2, 0.25) is 10.0 Å². The number of Topliss-reactive ketones (excluding diaryl/α,β-unsaturated/α-hetero) is 1. The first-order valence-electron chi connectivity index (χ1n) is 6.18. The molecule has 1 rings (SSSR count). The predicted molar refractivity (Wildman–Crippen MR) is 77.8 cm³/mol. The van der Waals surface area contributed by atoms with Gasteiger partial charge in [0.1, 0.15) is 0 Å². The number of benzene rings is 1. The topological polar surface area (TPSA) is 20.3 Å². The third-order valence-electron chi connectivity index (χ3n) is 3.20. The Morgan fingerprint density at radius 1 is 1.22 bits per heavy atom. The summed E-state index contributed by atoms with van der Waals surface area (Å²) in [6.45, 7) is 4.67. The molecule has 0 atom stereocenters. The number of hydrogen-bond donors (Lipinski definition) is 0. The molecular weight excluding hydrogens is 269 g/mol. The molecule has 0 bridgehead atoms. The number of ketones is 1. The van der Waals surface area contributed by atoms with Crippen LogP contribution in [0.25, 0.3) is 0 Å². The van der Waals surface area contributed by atoms with E-state index in [0.29, 0.717) is 28.2 Å². The second kappa shape index (κ2) is 7.13. The predicted octanol–water partition coefficient (Wildman–Crippen LogP) is 4.30. The highest BCUT2D eigenvalue weighted by Crippen LogP contribution is 2.23. The van der Waals surface area contributed by atoms with Crippen molar-refractivity contribution in [1.29, 1.82) is 0 Å². The van der Waals surface area contributed by atoms with E-state index >= 15 is 0 Å². The molecule has 0 spiro atoms. The molecule has 0 radical (unpaired) electrons.